The van der Waals surface area contributed by atoms with E-state index in [0.29, 0.717) is 11.1 Å². The molecule has 2 aromatic rings. The molecule has 20 heavy (non-hydrogen) atoms. The van der Waals surface area contributed by atoms with Gasteiger partial charge in [0.2, 0.25) is 0 Å². The van der Waals surface area contributed by atoms with Crippen LogP contribution in [0, 0.1) is 10.1 Å². The molecule has 0 fully saturated rings. The number of nitrogens with zero attached hydrogens (tertiary/aromatic N) is 1. The van der Waals surface area contributed by atoms with Crippen molar-refractivity contribution in [2.24, 2.45) is 0 Å². The van der Waals surface area contributed by atoms with Crippen LogP contribution in [0.4, 0.5) is 5.69 Å². The largest absolute Gasteiger partial charge is 0.481 e. The van der Waals surface area contributed by atoms with E-state index in [1.807, 2.05) is 0 Å². The lowest BCUT2D eigenvalue weighted by Gasteiger charge is -2.12. The van der Waals surface area contributed by atoms with Crippen molar-refractivity contribution in [3.63, 3.8) is 0 Å². The third-order valence-electron chi connectivity index (χ3n) is 3.11. The standard InChI is InChI=1S/C15H13NO4/c17-15(18)13(11-6-2-1-3-7-11)10-12-8-4-5-9-14(12)16(19)20/h1-9,13H,10H2,(H,17,18). The molecule has 0 spiro atoms. The number of nitro groups is 1. The van der Waals surface area contributed by atoms with Gasteiger partial charge in [0.1, 0.15) is 0 Å². The summed E-state index contributed by atoms with van der Waals surface area (Å²) in [5.74, 6) is -1.79. The zero-order valence-electron chi connectivity index (χ0n) is 10.6. The second-order valence-electron chi connectivity index (χ2n) is 4.39. The zero-order chi connectivity index (χ0) is 14.5. The minimum atomic E-state index is -0.991. The van der Waals surface area contributed by atoms with Gasteiger partial charge >= 0.3 is 5.97 Å². The molecule has 2 aromatic carbocycles. The van der Waals surface area contributed by atoms with Crippen molar-refractivity contribution < 1.29 is 14.8 Å². The number of hydrogen-bond acceptors (Lipinski definition) is 3. The first-order valence-corrected chi connectivity index (χ1v) is 6.09. The molecule has 0 saturated heterocycles. The van der Waals surface area contributed by atoms with Crippen LogP contribution in [-0.4, -0.2) is 16.0 Å². The molecule has 102 valence electrons. The first kappa shape index (κ1) is 13.7. The summed E-state index contributed by atoms with van der Waals surface area (Å²) in [5, 5.41) is 20.3. The van der Waals surface area contributed by atoms with E-state index < -0.39 is 16.8 Å². The Morgan fingerprint density at radius 2 is 1.70 bits per heavy atom. The number of aliphatic carboxylic acids is 1. The Labute approximate surface area is 115 Å². The van der Waals surface area contributed by atoms with Gasteiger partial charge in [-0.3, -0.25) is 14.9 Å². The van der Waals surface area contributed by atoms with Crippen LogP contribution in [0.15, 0.2) is 54.6 Å². The van der Waals surface area contributed by atoms with Gasteiger partial charge in [-0.2, -0.15) is 0 Å². The maximum Gasteiger partial charge on any atom is 0.311 e. The zero-order valence-corrected chi connectivity index (χ0v) is 10.6. The summed E-state index contributed by atoms with van der Waals surface area (Å²) in [4.78, 5) is 21.9. The molecule has 1 N–H and O–H groups in total. The Kier molecular flexibility index (Phi) is 4.10. The van der Waals surface area contributed by atoms with E-state index >= 15 is 0 Å². The predicted octanol–water partition coefficient (Wildman–Crippen LogP) is 3.01. The van der Waals surface area contributed by atoms with Crippen LogP contribution in [0.2, 0.25) is 0 Å². The summed E-state index contributed by atoms with van der Waals surface area (Å²) in [7, 11) is 0. The van der Waals surface area contributed by atoms with Gasteiger partial charge in [0.15, 0.2) is 0 Å². The number of carbonyl (C=O) groups is 1. The fourth-order valence-electron chi connectivity index (χ4n) is 2.11. The maximum absolute atomic E-state index is 11.4. The molecule has 5 heteroatoms. The molecular weight excluding hydrogens is 258 g/mol. The molecule has 1 atom stereocenters. The van der Waals surface area contributed by atoms with Crippen molar-refractivity contribution in [1.29, 1.82) is 0 Å². The molecule has 0 aliphatic carbocycles. The lowest BCUT2D eigenvalue weighted by molar-refractivity contribution is -0.385. The van der Waals surface area contributed by atoms with Gasteiger partial charge in [0.25, 0.3) is 5.69 Å². The number of para-hydroxylation sites is 1. The van der Waals surface area contributed by atoms with Crippen LogP contribution in [0.5, 0.6) is 0 Å². The highest BCUT2D eigenvalue weighted by Gasteiger charge is 2.24. The van der Waals surface area contributed by atoms with Crippen LogP contribution in [-0.2, 0) is 11.2 Å². The van der Waals surface area contributed by atoms with Gasteiger partial charge in [0, 0.05) is 11.6 Å². The van der Waals surface area contributed by atoms with Crippen molar-refractivity contribution in [1.82, 2.24) is 0 Å². The van der Waals surface area contributed by atoms with Crippen molar-refractivity contribution in [3.8, 4) is 0 Å². The highest BCUT2D eigenvalue weighted by Crippen LogP contribution is 2.26. The molecule has 0 aliphatic heterocycles. The van der Waals surface area contributed by atoms with Crippen molar-refractivity contribution in [3.05, 3.63) is 75.8 Å². The number of nitro benzene ring substituents is 1. The highest BCUT2D eigenvalue weighted by molar-refractivity contribution is 5.76. The minimum absolute atomic E-state index is 0.0466. The molecule has 0 bridgehead atoms. The fraction of sp³-hybridized carbons (Fsp3) is 0.133. The molecule has 2 rings (SSSR count). The second kappa shape index (κ2) is 5.97. The van der Waals surface area contributed by atoms with Gasteiger partial charge in [-0.15, -0.1) is 0 Å². The van der Waals surface area contributed by atoms with Gasteiger partial charge in [0.05, 0.1) is 10.8 Å². The summed E-state index contributed by atoms with van der Waals surface area (Å²) in [6.07, 6.45) is 0.0937. The molecular formula is C15H13NO4. The molecule has 5 nitrogen and oxygen atoms in total. The van der Waals surface area contributed by atoms with Gasteiger partial charge in [-0.1, -0.05) is 48.5 Å². The Bertz CT molecular complexity index is 625. The molecule has 0 saturated carbocycles. The molecule has 0 aliphatic rings. The molecule has 1 unspecified atom stereocenters. The number of rotatable bonds is 5. The summed E-state index contributed by atoms with van der Waals surface area (Å²) < 4.78 is 0. The Balaban J connectivity index is 2.35. The lowest BCUT2D eigenvalue weighted by Crippen LogP contribution is -2.15. The normalized spacial score (nSPS) is 11.8. The summed E-state index contributed by atoms with van der Waals surface area (Å²) in [5.41, 5.74) is 1.02. The van der Waals surface area contributed by atoms with E-state index in [0.717, 1.165) is 0 Å². The van der Waals surface area contributed by atoms with Gasteiger partial charge in [-0.05, 0) is 12.0 Å². The van der Waals surface area contributed by atoms with Gasteiger partial charge < -0.3 is 5.11 Å². The van der Waals surface area contributed by atoms with Crippen LogP contribution < -0.4 is 0 Å². The second-order valence-corrected chi connectivity index (χ2v) is 4.39. The number of benzene rings is 2. The van der Waals surface area contributed by atoms with Crippen LogP contribution in [0.25, 0.3) is 0 Å². The average Bonchev–Trinajstić information content (AvgIpc) is 2.45. The number of hydrogen-bond donors (Lipinski definition) is 1. The minimum Gasteiger partial charge on any atom is -0.481 e. The molecule has 0 amide bonds. The van der Waals surface area contributed by atoms with Crippen molar-refractivity contribution in [2.45, 2.75) is 12.3 Å². The van der Waals surface area contributed by atoms with E-state index in [1.165, 1.54) is 6.07 Å². The average molecular weight is 271 g/mol. The summed E-state index contributed by atoms with van der Waals surface area (Å²) in [6.45, 7) is 0. The number of carboxylic acid groups (broad SMARTS) is 1. The topological polar surface area (TPSA) is 80.4 Å². The van der Waals surface area contributed by atoms with E-state index in [4.69, 9.17) is 0 Å². The Hall–Kier alpha value is -2.69. The third-order valence-corrected chi connectivity index (χ3v) is 3.11. The van der Waals surface area contributed by atoms with Crippen LogP contribution in [0.3, 0.4) is 0 Å². The highest BCUT2D eigenvalue weighted by atomic mass is 16.6. The molecule has 0 heterocycles. The third kappa shape index (κ3) is 3.00. The van der Waals surface area contributed by atoms with Crippen molar-refractivity contribution >= 4 is 11.7 Å². The first-order valence-electron chi connectivity index (χ1n) is 6.09. The Morgan fingerprint density at radius 1 is 1.10 bits per heavy atom. The van der Waals surface area contributed by atoms with Gasteiger partial charge in [-0.25, -0.2) is 0 Å². The monoisotopic (exact) mass is 271 g/mol. The molecule has 0 radical (unpaired) electrons. The van der Waals surface area contributed by atoms with E-state index in [2.05, 4.69) is 0 Å². The van der Waals surface area contributed by atoms with E-state index in [1.54, 1.807) is 48.5 Å². The summed E-state index contributed by atoms with van der Waals surface area (Å²) >= 11 is 0. The summed E-state index contributed by atoms with van der Waals surface area (Å²) in [6, 6.07) is 15.0. The van der Waals surface area contributed by atoms with Crippen molar-refractivity contribution in [2.75, 3.05) is 0 Å². The Morgan fingerprint density at radius 3 is 2.30 bits per heavy atom. The van der Waals surface area contributed by atoms with Crippen LogP contribution in [0.1, 0.15) is 17.0 Å². The van der Waals surface area contributed by atoms with E-state index in [-0.39, 0.29) is 12.1 Å². The quantitative estimate of drug-likeness (QED) is 0.669. The van der Waals surface area contributed by atoms with Crippen LogP contribution >= 0.6 is 0 Å². The smallest absolute Gasteiger partial charge is 0.311 e. The molecule has 0 aromatic heterocycles. The SMILES string of the molecule is O=C(O)C(Cc1ccccc1[N+](=O)[O-])c1ccccc1. The lowest BCUT2D eigenvalue weighted by atomic mass is 9.91. The predicted molar refractivity (Wildman–Crippen MR) is 73.6 cm³/mol. The maximum atomic E-state index is 11.4. The fourth-order valence-corrected chi connectivity index (χ4v) is 2.11. The first-order chi connectivity index (χ1) is 9.59. The van der Waals surface area contributed by atoms with E-state index in [9.17, 15) is 20.0 Å². The number of carboxylic acids is 1.